The first-order valence-corrected chi connectivity index (χ1v) is 11.9. The maximum absolute atomic E-state index is 13.8. The standard InChI is InChI=1S/C31H24N2O3/c34-31(28-15-14-25-10-4-5-12-27(25)32-28)33(20-23-13-16-29-30(18-23)36-21-35-29)19-22-7-6-11-26(17-22)24-8-2-1-3-9-24/h1-18H,19-21H2. The number of fused-ring (bicyclic) bond motifs is 2. The van der Waals surface area contributed by atoms with Crippen LogP contribution in [0.4, 0.5) is 0 Å². The van der Waals surface area contributed by atoms with Gasteiger partial charge in [0.05, 0.1) is 5.52 Å². The molecule has 0 aliphatic carbocycles. The van der Waals surface area contributed by atoms with Crippen LogP contribution in [0.3, 0.4) is 0 Å². The van der Waals surface area contributed by atoms with Crippen molar-refractivity contribution in [2.75, 3.05) is 6.79 Å². The van der Waals surface area contributed by atoms with E-state index in [9.17, 15) is 4.79 Å². The van der Waals surface area contributed by atoms with Gasteiger partial charge in [-0.25, -0.2) is 4.98 Å². The molecule has 0 saturated heterocycles. The molecule has 5 nitrogen and oxygen atoms in total. The first kappa shape index (κ1) is 21.9. The van der Waals surface area contributed by atoms with Crippen LogP contribution >= 0.6 is 0 Å². The van der Waals surface area contributed by atoms with E-state index < -0.39 is 0 Å². The van der Waals surface area contributed by atoms with E-state index in [1.807, 2.05) is 77.7 Å². The average Bonchev–Trinajstić information content (AvgIpc) is 3.41. The lowest BCUT2D eigenvalue weighted by atomic mass is 10.0. The molecule has 0 radical (unpaired) electrons. The van der Waals surface area contributed by atoms with Gasteiger partial charge in [0.1, 0.15) is 5.69 Å². The quantitative estimate of drug-likeness (QED) is 0.284. The van der Waals surface area contributed by atoms with Crippen molar-refractivity contribution in [2.24, 2.45) is 0 Å². The number of benzene rings is 4. The molecule has 176 valence electrons. The van der Waals surface area contributed by atoms with Crippen LogP contribution in [0.2, 0.25) is 0 Å². The van der Waals surface area contributed by atoms with E-state index in [1.165, 1.54) is 0 Å². The lowest BCUT2D eigenvalue weighted by molar-refractivity contribution is 0.0724. The van der Waals surface area contributed by atoms with E-state index in [0.717, 1.165) is 38.9 Å². The third kappa shape index (κ3) is 4.51. The van der Waals surface area contributed by atoms with Gasteiger partial charge in [-0.2, -0.15) is 0 Å². The highest BCUT2D eigenvalue weighted by Gasteiger charge is 2.21. The van der Waals surface area contributed by atoms with E-state index in [-0.39, 0.29) is 12.7 Å². The highest BCUT2D eigenvalue weighted by Crippen LogP contribution is 2.33. The molecule has 0 unspecified atom stereocenters. The Bertz CT molecular complexity index is 1550. The molecule has 1 aliphatic rings. The SMILES string of the molecule is O=C(c1ccc2ccccc2n1)N(Cc1cccc(-c2ccccc2)c1)Cc1ccc2c(c1)OCO2. The van der Waals surface area contributed by atoms with Gasteiger partial charge < -0.3 is 14.4 Å². The van der Waals surface area contributed by atoms with Crippen LogP contribution < -0.4 is 9.47 Å². The molecule has 1 amide bonds. The Morgan fingerprint density at radius 3 is 2.33 bits per heavy atom. The minimum Gasteiger partial charge on any atom is -0.454 e. The predicted molar refractivity (Wildman–Crippen MR) is 140 cm³/mol. The maximum atomic E-state index is 13.8. The Morgan fingerprint density at radius 1 is 0.694 bits per heavy atom. The Kier molecular flexibility index (Phi) is 5.80. The fraction of sp³-hybridized carbons (Fsp3) is 0.0968. The van der Waals surface area contributed by atoms with Gasteiger partial charge in [-0.1, -0.05) is 78.9 Å². The molecule has 1 aliphatic heterocycles. The maximum Gasteiger partial charge on any atom is 0.273 e. The van der Waals surface area contributed by atoms with Crippen molar-refractivity contribution in [2.45, 2.75) is 13.1 Å². The van der Waals surface area contributed by atoms with Crippen LogP contribution in [-0.2, 0) is 13.1 Å². The second-order valence-electron chi connectivity index (χ2n) is 8.80. The van der Waals surface area contributed by atoms with Gasteiger partial charge in [0, 0.05) is 18.5 Å². The van der Waals surface area contributed by atoms with Crippen LogP contribution in [0.5, 0.6) is 11.5 Å². The summed E-state index contributed by atoms with van der Waals surface area (Å²) in [6, 6.07) is 36.0. The molecule has 6 rings (SSSR count). The zero-order valence-corrected chi connectivity index (χ0v) is 19.6. The number of carbonyl (C=O) groups excluding carboxylic acids is 1. The Balaban J connectivity index is 1.34. The van der Waals surface area contributed by atoms with Crippen LogP contribution in [0, 0.1) is 0 Å². The number of carbonyl (C=O) groups is 1. The van der Waals surface area contributed by atoms with Crippen molar-refractivity contribution in [3.63, 3.8) is 0 Å². The van der Waals surface area contributed by atoms with Gasteiger partial charge in [0.15, 0.2) is 11.5 Å². The molecular weight excluding hydrogens is 448 g/mol. The summed E-state index contributed by atoms with van der Waals surface area (Å²) in [5.41, 5.74) is 5.50. The topological polar surface area (TPSA) is 51.7 Å². The zero-order chi connectivity index (χ0) is 24.3. The fourth-order valence-electron chi connectivity index (χ4n) is 4.51. The summed E-state index contributed by atoms with van der Waals surface area (Å²) in [7, 11) is 0. The molecule has 5 aromatic rings. The van der Waals surface area contributed by atoms with E-state index in [2.05, 4.69) is 35.3 Å². The van der Waals surface area contributed by atoms with Crippen LogP contribution in [0.25, 0.3) is 22.0 Å². The molecular formula is C31H24N2O3. The zero-order valence-electron chi connectivity index (χ0n) is 19.6. The van der Waals surface area contributed by atoms with E-state index in [1.54, 1.807) is 6.07 Å². The number of amides is 1. The smallest absolute Gasteiger partial charge is 0.273 e. The fourth-order valence-corrected chi connectivity index (χ4v) is 4.51. The number of rotatable bonds is 6. The molecule has 0 spiro atoms. The third-order valence-corrected chi connectivity index (χ3v) is 6.32. The highest BCUT2D eigenvalue weighted by molar-refractivity contribution is 5.95. The van der Waals surface area contributed by atoms with Crippen molar-refractivity contribution in [3.05, 3.63) is 126 Å². The molecule has 5 heteroatoms. The molecule has 0 N–H and O–H groups in total. The summed E-state index contributed by atoms with van der Waals surface area (Å²) in [6.07, 6.45) is 0. The van der Waals surface area contributed by atoms with E-state index in [0.29, 0.717) is 24.5 Å². The lowest BCUT2D eigenvalue weighted by Gasteiger charge is -2.23. The van der Waals surface area contributed by atoms with Gasteiger partial charge >= 0.3 is 0 Å². The normalized spacial score (nSPS) is 12.0. The summed E-state index contributed by atoms with van der Waals surface area (Å²) < 4.78 is 11.0. The Morgan fingerprint density at radius 2 is 1.44 bits per heavy atom. The molecule has 0 saturated carbocycles. The number of hydrogen-bond acceptors (Lipinski definition) is 4. The number of hydrogen-bond donors (Lipinski definition) is 0. The van der Waals surface area contributed by atoms with Gasteiger partial charge in [-0.15, -0.1) is 0 Å². The van der Waals surface area contributed by atoms with Crippen molar-refractivity contribution in [1.29, 1.82) is 0 Å². The summed E-state index contributed by atoms with van der Waals surface area (Å²) in [5, 5.41) is 1.01. The van der Waals surface area contributed by atoms with E-state index in [4.69, 9.17) is 9.47 Å². The monoisotopic (exact) mass is 472 g/mol. The molecule has 2 heterocycles. The lowest BCUT2D eigenvalue weighted by Crippen LogP contribution is -2.30. The summed E-state index contributed by atoms with van der Waals surface area (Å²) in [6.45, 7) is 1.08. The number of para-hydroxylation sites is 1. The molecule has 36 heavy (non-hydrogen) atoms. The first-order valence-electron chi connectivity index (χ1n) is 11.9. The number of ether oxygens (including phenoxy) is 2. The van der Waals surface area contributed by atoms with Gasteiger partial charge in [0.25, 0.3) is 5.91 Å². The molecule has 0 atom stereocenters. The Labute approximate surface area is 209 Å². The van der Waals surface area contributed by atoms with Crippen LogP contribution in [-0.4, -0.2) is 22.6 Å². The van der Waals surface area contributed by atoms with Crippen molar-refractivity contribution < 1.29 is 14.3 Å². The first-order chi connectivity index (χ1) is 17.7. The largest absolute Gasteiger partial charge is 0.454 e. The van der Waals surface area contributed by atoms with Crippen molar-refractivity contribution >= 4 is 16.8 Å². The van der Waals surface area contributed by atoms with Gasteiger partial charge in [-0.3, -0.25) is 4.79 Å². The molecule has 4 aromatic carbocycles. The minimum absolute atomic E-state index is 0.122. The predicted octanol–water partition coefficient (Wildman–Crippen LogP) is 6.47. The summed E-state index contributed by atoms with van der Waals surface area (Å²) in [5.74, 6) is 1.31. The van der Waals surface area contributed by atoms with Gasteiger partial charge in [0.2, 0.25) is 6.79 Å². The van der Waals surface area contributed by atoms with E-state index >= 15 is 0 Å². The molecule has 0 bridgehead atoms. The van der Waals surface area contributed by atoms with Crippen LogP contribution in [0.15, 0.2) is 109 Å². The second-order valence-corrected chi connectivity index (χ2v) is 8.80. The second kappa shape index (κ2) is 9.55. The molecule has 0 fully saturated rings. The highest BCUT2D eigenvalue weighted by atomic mass is 16.7. The third-order valence-electron chi connectivity index (χ3n) is 6.32. The van der Waals surface area contributed by atoms with Crippen molar-refractivity contribution in [1.82, 2.24) is 9.88 Å². The Hall–Kier alpha value is -4.64. The number of aromatic nitrogens is 1. The summed E-state index contributed by atoms with van der Waals surface area (Å²) >= 11 is 0. The number of nitrogens with zero attached hydrogens (tertiary/aromatic N) is 2. The van der Waals surface area contributed by atoms with Crippen LogP contribution in [0.1, 0.15) is 21.6 Å². The summed E-state index contributed by atoms with van der Waals surface area (Å²) in [4.78, 5) is 20.3. The van der Waals surface area contributed by atoms with Gasteiger partial charge in [-0.05, 0) is 52.6 Å². The van der Waals surface area contributed by atoms with Crippen molar-refractivity contribution in [3.8, 4) is 22.6 Å². The molecule has 1 aromatic heterocycles. The average molecular weight is 473 g/mol. The number of pyridine rings is 1. The minimum atomic E-state index is -0.122.